The normalized spacial score (nSPS) is 16.8. The lowest BCUT2D eigenvalue weighted by atomic mass is 9.77. The number of fused-ring (bicyclic) bond motifs is 4. The maximum Gasteiger partial charge on any atom is 0.0355 e. The third-order valence-electron chi connectivity index (χ3n) is 8.50. The van der Waals surface area contributed by atoms with E-state index < -0.39 is 0 Å². The van der Waals surface area contributed by atoms with E-state index in [0.29, 0.717) is 11.8 Å². The van der Waals surface area contributed by atoms with Crippen LogP contribution in [0.3, 0.4) is 0 Å². The molecule has 0 saturated carbocycles. The smallest absolute Gasteiger partial charge is 0.0355 e. The third kappa shape index (κ3) is 4.20. The van der Waals surface area contributed by atoms with E-state index in [9.17, 15) is 0 Å². The highest BCUT2D eigenvalue weighted by molar-refractivity contribution is 7.25. The zero-order valence-corrected chi connectivity index (χ0v) is 24.3. The quantitative estimate of drug-likeness (QED) is 0.202. The number of rotatable bonds is 5. The molecular weight excluding hydrogens is 513 g/mol. The number of hydrogen-bond acceptors (Lipinski definition) is 1. The Morgan fingerprint density at radius 2 is 1.37 bits per heavy atom. The van der Waals surface area contributed by atoms with Gasteiger partial charge in [-0.05, 0) is 80.8 Å². The van der Waals surface area contributed by atoms with Crippen molar-refractivity contribution >= 4 is 54.4 Å². The van der Waals surface area contributed by atoms with Crippen LogP contribution in [-0.2, 0) is 0 Å². The van der Waals surface area contributed by atoms with Crippen molar-refractivity contribution in [2.24, 2.45) is 5.92 Å². The predicted octanol–water partition coefficient (Wildman–Crippen LogP) is 12.1. The van der Waals surface area contributed by atoms with Crippen molar-refractivity contribution in [2.45, 2.75) is 19.8 Å². The molecule has 0 spiro atoms. The topological polar surface area (TPSA) is 0 Å². The molecule has 0 radical (unpaired) electrons. The Hall–Kier alpha value is -4.46. The van der Waals surface area contributed by atoms with Crippen LogP contribution in [0.2, 0.25) is 0 Å². The maximum atomic E-state index is 4.38. The zero-order valence-electron chi connectivity index (χ0n) is 23.5. The van der Waals surface area contributed by atoms with Crippen LogP contribution in [0, 0.1) is 5.92 Å². The fraction of sp³-hybridized carbons (Fsp3) is 0.100. The summed E-state index contributed by atoms with van der Waals surface area (Å²) in [4.78, 5) is 0. The van der Waals surface area contributed by atoms with E-state index in [1.165, 1.54) is 69.9 Å². The molecule has 2 atom stereocenters. The minimum absolute atomic E-state index is 0.326. The lowest BCUT2D eigenvalue weighted by Crippen LogP contribution is -2.09. The summed E-state index contributed by atoms with van der Waals surface area (Å²) in [6, 6.07) is 33.6. The first-order valence-corrected chi connectivity index (χ1v) is 15.2. The van der Waals surface area contributed by atoms with Gasteiger partial charge in [0, 0.05) is 26.1 Å². The van der Waals surface area contributed by atoms with Crippen LogP contribution in [0.15, 0.2) is 128 Å². The van der Waals surface area contributed by atoms with Crippen LogP contribution in [0.1, 0.15) is 36.5 Å². The monoisotopic (exact) mass is 544 g/mol. The molecule has 2 unspecified atom stereocenters. The van der Waals surface area contributed by atoms with Crippen molar-refractivity contribution in [3.05, 3.63) is 145 Å². The lowest BCUT2D eigenvalue weighted by Gasteiger charge is -2.26. The molecule has 41 heavy (non-hydrogen) atoms. The molecule has 1 aromatic heterocycles. The molecule has 7 rings (SSSR count). The van der Waals surface area contributed by atoms with Gasteiger partial charge in [-0.1, -0.05) is 129 Å². The van der Waals surface area contributed by atoms with Crippen molar-refractivity contribution in [1.29, 1.82) is 0 Å². The molecule has 1 aliphatic carbocycles. The molecule has 1 heteroatoms. The van der Waals surface area contributed by atoms with Crippen LogP contribution in [-0.4, -0.2) is 0 Å². The van der Waals surface area contributed by atoms with Crippen LogP contribution in [0.5, 0.6) is 0 Å². The van der Waals surface area contributed by atoms with Gasteiger partial charge in [0.25, 0.3) is 0 Å². The van der Waals surface area contributed by atoms with E-state index in [2.05, 4.69) is 154 Å². The number of thiophene rings is 1. The SMILES string of the molecule is C=Cc1c(/C=C\C)c(-c2ccc3sc4ccccc4c3c2)c2ccccc2c1-c1ccccc1C1C=CC=CC1C. The van der Waals surface area contributed by atoms with Crippen molar-refractivity contribution in [3.8, 4) is 22.3 Å². The van der Waals surface area contributed by atoms with Gasteiger partial charge in [0.2, 0.25) is 0 Å². The molecule has 1 heterocycles. The Morgan fingerprint density at radius 1 is 0.683 bits per heavy atom. The lowest BCUT2D eigenvalue weighted by molar-refractivity contribution is 0.636. The van der Waals surface area contributed by atoms with E-state index >= 15 is 0 Å². The van der Waals surface area contributed by atoms with Gasteiger partial charge in [-0.2, -0.15) is 0 Å². The van der Waals surface area contributed by atoms with Gasteiger partial charge in [0.15, 0.2) is 0 Å². The molecule has 1 aliphatic rings. The van der Waals surface area contributed by atoms with Gasteiger partial charge in [0.1, 0.15) is 0 Å². The maximum absolute atomic E-state index is 4.38. The highest BCUT2D eigenvalue weighted by Gasteiger charge is 2.24. The van der Waals surface area contributed by atoms with E-state index in [-0.39, 0.29) is 0 Å². The summed E-state index contributed by atoms with van der Waals surface area (Å²) in [5.74, 6) is 0.757. The molecule has 0 amide bonds. The van der Waals surface area contributed by atoms with Crippen LogP contribution >= 0.6 is 11.3 Å². The first-order valence-electron chi connectivity index (χ1n) is 14.4. The Balaban J connectivity index is 1.57. The average Bonchev–Trinajstić information content (AvgIpc) is 3.39. The Labute approximate surface area is 246 Å². The van der Waals surface area contributed by atoms with E-state index in [1.807, 2.05) is 11.3 Å². The van der Waals surface area contributed by atoms with Crippen molar-refractivity contribution in [2.75, 3.05) is 0 Å². The molecule has 0 fully saturated rings. The molecule has 0 N–H and O–H groups in total. The predicted molar refractivity (Wildman–Crippen MR) is 183 cm³/mol. The molecule has 5 aromatic carbocycles. The second kappa shape index (κ2) is 10.5. The standard InChI is InChI=1S/C40H32S/c1-4-14-32-28(5-2)40(33-19-9-8-17-30(33)29-16-7-6-15-26(29)3)35-21-11-10-20-34(35)39(32)27-23-24-38-36(25-27)31-18-12-13-22-37(31)41-38/h4-26,29H,2H2,1,3H3/b14-4-. The Kier molecular flexibility index (Phi) is 6.53. The molecule has 0 nitrogen and oxygen atoms in total. The molecule has 6 aromatic rings. The molecule has 198 valence electrons. The van der Waals surface area contributed by atoms with Gasteiger partial charge in [-0.15, -0.1) is 11.3 Å². The van der Waals surface area contributed by atoms with Gasteiger partial charge < -0.3 is 0 Å². The number of hydrogen-bond donors (Lipinski definition) is 0. The largest absolute Gasteiger partial charge is 0.135 e. The summed E-state index contributed by atoms with van der Waals surface area (Å²) in [6.45, 7) is 8.80. The van der Waals surface area contributed by atoms with Crippen LogP contribution in [0.25, 0.3) is 65.4 Å². The average molecular weight is 545 g/mol. The zero-order chi connectivity index (χ0) is 27.9. The van der Waals surface area contributed by atoms with E-state index in [0.717, 1.165) is 0 Å². The van der Waals surface area contributed by atoms with Gasteiger partial charge in [-0.3, -0.25) is 0 Å². The first-order chi connectivity index (χ1) is 20.2. The minimum atomic E-state index is 0.326. The summed E-state index contributed by atoms with van der Waals surface area (Å²) in [5, 5.41) is 5.17. The van der Waals surface area contributed by atoms with Crippen molar-refractivity contribution in [1.82, 2.24) is 0 Å². The summed E-state index contributed by atoms with van der Waals surface area (Å²) in [6.07, 6.45) is 15.5. The van der Waals surface area contributed by atoms with E-state index in [1.54, 1.807) is 0 Å². The van der Waals surface area contributed by atoms with Gasteiger partial charge >= 0.3 is 0 Å². The van der Waals surface area contributed by atoms with Crippen LogP contribution in [0.4, 0.5) is 0 Å². The van der Waals surface area contributed by atoms with Crippen molar-refractivity contribution in [3.63, 3.8) is 0 Å². The summed E-state index contributed by atoms with van der Waals surface area (Å²) in [5.41, 5.74) is 8.81. The fourth-order valence-corrected chi connectivity index (χ4v) is 7.72. The second-order valence-corrected chi connectivity index (χ2v) is 12.0. The summed E-state index contributed by atoms with van der Waals surface area (Å²) in [7, 11) is 0. The van der Waals surface area contributed by atoms with Gasteiger partial charge in [-0.25, -0.2) is 0 Å². The van der Waals surface area contributed by atoms with E-state index in [4.69, 9.17) is 0 Å². The minimum Gasteiger partial charge on any atom is -0.135 e. The number of allylic oxidation sites excluding steroid dienone is 5. The van der Waals surface area contributed by atoms with Gasteiger partial charge in [0.05, 0.1) is 0 Å². The second-order valence-electron chi connectivity index (χ2n) is 10.9. The third-order valence-corrected chi connectivity index (χ3v) is 9.65. The molecule has 0 aliphatic heterocycles. The first kappa shape index (κ1) is 25.5. The Bertz CT molecular complexity index is 2050. The van der Waals surface area contributed by atoms with Crippen LogP contribution < -0.4 is 0 Å². The molecule has 0 bridgehead atoms. The molecule has 0 saturated heterocycles. The highest BCUT2D eigenvalue weighted by Crippen LogP contribution is 2.47. The van der Waals surface area contributed by atoms with Crippen molar-refractivity contribution < 1.29 is 0 Å². The molecular formula is C40H32S. The fourth-order valence-electron chi connectivity index (χ4n) is 6.63. The Morgan fingerprint density at radius 3 is 2.15 bits per heavy atom. The summed E-state index contributed by atoms with van der Waals surface area (Å²) < 4.78 is 2.66. The number of benzene rings is 5. The summed E-state index contributed by atoms with van der Waals surface area (Å²) >= 11 is 1.87. The highest BCUT2D eigenvalue weighted by atomic mass is 32.1.